The number of aromatic nitrogens is 2. The van der Waals surface area contributed by atoms with Gasteiger partial charge in [0.1, 0.15) is 5.82 Å². The first-order valence-electron chi connectivity index (χ1n) is 7.02. The number of imidazole rings is 1. The van der Waals surface area contributed by atoms with E-state index in [1.54, 1.807) is 0 Å². The second kappa shape index (κ2) is 5.75. The Bertz CT molecular complexity index is 632. The van der Waals surface area contributed by atoms with Crippen LogP contribution in [0.1, 0.15) is 38.1 Å². The Labute approximate surface area is 134 Å². The maximum Gasteiger partial charge on any atom is 0.111 e. The number of halogens is 3. The Morgan fingerprint density at radius 2 is 2.00 bits per heavy atom. The Hall–Kier alpha value is -0.440. The molecular formula is C15H17Cl3N2. The van der Waals surface area contributed by atoms with Gasteiger partial charge in [-0.05, 0) is 31.4 Å². The fraction of sp³-hybridized carbons (Fsp3) is 0.533. The van der Waals surface area contributed by atoms with E-state index in [1.165, 1.54) is 19.3 Å². The molecule has 0 N–H and O–H groups in total. The van der Waals surface area contributed by atoms with Crippen LogP contribution < -0.4 is 0 Å². The molecule has 1 aromatic carbocycles. The number of hydrogen-bond acceptors (Lipinski definition) is 1. The van der Waals surface area contributed by atoms with Gasteiger partial charge < -0.3 is 4.57 Å². The van der Waals surface area contributed by atoms with Crippen LogP contribution in [-0.4, -0.2) is 15.4 Å². The van der Waals surface area contributed by atoms with Crippen molar-refractivity contribution in [2.24, 2.45) is 5.92 Å². The summed E-state index contributed by atoms with van der Waals surface area (Å²) < 4.78 is 2.29. The SMILES string of the molecule is CC(CC1CC1)n1c(CCCl)nc2cc(Cl)c(Cl)cc21. The number of nitrogens with zero attached hydrogens (tertiary/aromatic N) is 2. The zero-order chi connectivity index (χ0) is 14.3. The van der Waals surface area contributed by atoms with Crippen LogP contribution in [0.15, 0.2) is 12.1 Å². The van der Waals surface area contributed by atoms with E-state index in [9.17, 15) is 0 Å². The zero-order valence-corrected chi connectivity index (χ0v) is 13.6. The molecule has 1 aliphatic rings. The van der Waals surface area contributed by atoms with Crippen LogP contribution in [-0.2, 0) is 6.42 Å². The summed E-state index contributed by atoms with van der Waals surface area (Å²) in [6.45, 7) is 2.25. The summed E-state index contributed by atoms with van der Waals surface area (Å²) in [5.74, 6) is 2.47. The Balaban J connectivity index is 2.08. The molecule has 2 aromatic rings. The zero-order valence-electron chi connectivity index (χ0n) is 11.4. The molecule has 5 heteroatoms. The van der Waals surface area contributed by atoms with Crippen molar-refractivity contribution in [2.45, 2.75) is 38.6 Å². The van der Waals surface area contributed by atoms with Crippen molar-refractivity contribution in [1.82, 2.24) is 9.55 Å². The molecule has 1 unspecified atom stereocenters. The van der Waals surface area contributed by atoms with Crippen molar-refractivity contribution >= 4 is 45.8 Å². The molecule has 2 nitrogen and oxygen atoms in total. The lowest BCUT2D eigenvalue weighted by atomic mass is 10.1. The van der Waals surface area contributed by atoms with E-state index in [1.807, 2.05) is 12.1 Å². The predicted molar refractivity (Wildman–Crippen MR) is 86.2 cm³/mol. The standard InChI is InChI=1S/C15H17Cl3N2/c1-9(6-10-2-3-10)20-14-8-12(18)11(17)7-13(14)19-15(20)4-5-16/h7-10H,2-6H2,1H3. The molecule has 1 fully saturated rings. The monoisotopic (exact) mass is 330 g/mol. The highest BCUT2D eigenvalue weighted by Gasteiger charge is 2.26. The molecule has 0 aliphatic heterocycles. The molecule has 3 rings (SSSR count). The lowest BCUT2D eigenvalue weighted by molar-refractivity contribution is 0.474. The highest BCUT2D eigenvalue weighted by Crippen LogP contribution is 2.39. The lowest BCUT2D eigenvalue weighted by Crippen LogP contribution is -2.10. The molecule has 1 aromatic heterocycles. The summed E-state index contributed by atoms with van der Waals surface area (Å²) in [7, 11) is 0. The van der Waals surface area contributed by atoms with Crippen molar-refractivity contribution in [3.8, 4) is 0 Å². The normalized spacial score (nSPS) is 16.8. The van der Waals surface area contributed by atoms with E-state index >= 15 is 0 Å². The minimum Gasteiger partial charge on any atom is -0.325 e. The van der Waals surface area contributed by atoms with Crippen LogP contribution >= 0.6 is 34.8 Å². The molecule has 1 saturated carbocycles. The summed E-state index contributed by atoms with van der Waals surface area (Å²) in [5, 5.41) is 1.13. The Kier molecular flexibility index (Phi) is 4.16. The first-order chi connectivity index (χ1) is 9.60. The molecular weight excluding hydrogens is 315 g/mol. The van der Waals surface area contributed by atoms with E-state index in [-0.39, 0.29) is 0 Å². The van der Waals surface area contributed by atoms with Crippen molar-refractivity contribution in [1.29, 1.82) is 0 Å². The van der Waals surface area contributed by atoms with Gasteiger partial charge in [-0.15, -0.1) is 11.6 Å². The van der Waals surface area contributed by atoms with Gasteiger partial charge in [-0.1, -0.05) is 36.0 Å². The van der Waals surface area contributed by atoms with Crippen molar-refractivity contribution in [3.05, 3.63) is 28.0 Å². The largest absolute Gasteiger partial charge is 0.325 e. The number of alkyl halides is 1. The summed E-state index contributed by atoms with van der Waals surface area (Å²) in [6.07, 6.45) is 4.67. The summed E-state index contributed by atoms with van der Waals surface area (Å²) in [5.41, 5.74) is 1.97. The van der Waals surface area contributed by atoms with Gasteiger partial charge in [-0.2, -0.15) is 0 Å². The van der Waals surface area contributed by atoms with Crippen LogP contribution in [0, 0.1) is 5.92 Å². The van der Waals surface area contributed by atoms with E-state index in [4.69, 9.17) is 34.8 Å². The summed E-state index contributed by atoms with van der Waals surface area (Å²) in [6, 6.07) is 4.19. The van der Waals surface area contributed by atoms with Crippen molar-refractivity contribution in [2.75, 3.05) is 5.88 Å². The van der Waals surface area contributed by atoms with Gasteiger partial charge in [-0.3, -0.25) is 0 Å². The Morgan fingerprint density at radius 3 is 2.65 bits per heavy atom. The molecule has 20 heavy (non-hydrogen) atoms. The average molecular weight is 332 g/mol. The summed E-state index contributed by atoms with van der Waals surface area (Å²) in [4.78, 5) is 4.69. The highest BCUT2D eigenvalue weighted by atomic mass is 35.5. The van der Waals surface area contributed by atoms with Crippen molar-refractivity contribution < 1.29 is 0 Å². The first kappa shape index (κ1) is 14.5. The first-order valence-corrected chi connectivity index (χ1v) is 8.31. The van der Waals surface area contributed by atoms with Crippen LogP contribution in [0.25, 0.3) is 11.0 Å². The van der Waals surface area contributed by atoms with Gasteiger partial charge in [0.25, 0.3) is 0 Å². The predicted octanol–water partition coefficient (Wildman–Crippen LogP) is 5.49. The maximum atomic E-state index is 6.17. The molecule has 0 saturated heterocycles. The third-order valence-corrected chi connectivity index (χ3v) is 4.85. The second-order valence-corrected chi connectivity index (χ2v) is 6.81. The highest BCUT2D eigenvalue weighted by molar-refractivity contribution is 6.42. The maximum absolute atomic E-state index is 6.17. The van der Waals surface area contributed by atoms with Crippen LogP contribution in [0.3, 0.4) is 0 Å². The molecule has 0 radical (unpaired) electrons. The lowest BCUT2D eigenvalue weighted by Gasteiger charge is -2.17. The van der Waals surface area contributed by atoms with Crippen molar-refractivity contribution in [3.63, 3.8) is 0 Å². The minimum atomic E-state index is 0.419. The van der Waals surface area contributed by atoms with E-state index < -0.39 is 0 Å². The number of benzene rings is 1. The van der Waals surface area contributed by atoms with Crippen LogP contribution in [0.4, 0.5) is 0 Å². The van der Waals surface area contributed by atoms with Gasteiger partial charge in [0.2, 0.25) is 0 Å². The van der Waals surface area contributed by atoms with Crippen LogP contribution in [0.2, 0.25) is 10.0 Å². The Morgan fingerprint density at radius 1 is 1.30 bits per heavy atom. The topological polar surface area (TPSA) is 17.8 Å². The van der Waals surface area contributed by atoms with Gasteiger partial charge >= 0.3 is 0 Å². The smallest absolute Gasteiger partial charge is 0.111 e. The van der Waals surface area contributed by atoms with E-state index in [2.05, 4.69) is 16.5 Å². The molecule has 1 atom stereocenters. The number of fused-ring (bicyclic) bond motifs is 1. The van der Waals surface area contributed by atoms with E-state index in [0.717, 1.165) is 29.2 Å². The van der Waals surface area contributed by atoms with E-state index in [0.29, 0.717) is 22.0 Å². The third kappa shape index (κ3) is 2.79. The minimum absolute atomic E-state index is 0.419. The quantitative estimate of drug-likeness (QED) is 0.663. The molecule has 1 heterocycles. The fourth-order valence-corrected chi connectivity index (χ4v) is 3.32. The second-order valence-electron chi connectivity index (χ2n) is 5.62. The molecule has 0 amide bonds. The molecule has 0 bridgehead atoms. The summed E-state index contributed by atoms with van der Waals surface area (Å²) >= 11 is 18.2. The number of aryl methyl sites for hydroxylation is 1. The third-order valence-electron chi connectivity index (χ3n) is 3.93. The number of rotatable bonds is 5. The van der Waals surface area contributed by atoms with Gasteiger partial charge in [0.05, 0.1) is 21.1 Å². The number of hydrogen-bond donors (Lipinski definition) is 0. The molecule has 108 valence electrons. The molecule has 0 spiro atoms. The van der Waals surface area contributed by atoms with Gasteiger partial charge in [-0.25, -0.2) is 4.98 Å². The molecule has 1 aliphatic carbocycles. The van der Waals surface area contributed by atoms with Gasteiger partial charge in [0, 0.05) is 18.3 Å². The van der Waals surface area contributed by atoms with Crippen LogP contribution in [0.5, 0.6) is 0 Å². The fourth-order valence-electron chi connectivity index (χ4n) is 2.83. The average Bonchev–Trinajstić information content (AvgIpc) is 3.13. The van der Waals surface area contributed by atoms with Gasteiger partial charge in [0.15, 0.2) is 0 Å².